The van der Waals surface area contributed by atoms with Gasteiger partial charge in [-0.25, -0.2) is 0 Å². The Morgan fingerprint density at radius 3 is 1.63 bits per heavy atom. The Labute approximate surface area is 124 Å². The van der Waals surface area contributed by atoms with E-state index in [1.807, 2.05) is 41.3 Å². The van der Waals surface area contributed by atoms with Gasteiger partial charge in [-0.2, -0.15) is 0 Å². The molecular weight excluding hydrogens is 288 g/mol. The SMILES string of the molecule is O=C([CH2][Zn])N(Cc1ccccc1)Cc1ccccc1. The van der Waals surface area contributed by atoms with Gasteiger partial charge in [-0.1, -0.05) is 0 Å². The third-order valence-corrected chi connectivity index (χ3v) is 3.90. The third-order valence-electron chi connectivity index (χ3n) is 3.00. The van der Waals surface area contributed by atoms with Gasteiger partial charge in [0.05, 0.1) is 0 Å². The van der Waals surface area contributed by atoms with Crippen LogP contribution in [-0.2, 0) is 36.2 Å². The van der Waals surface area contributed by atoms with Crippen molar-refractivity contribution in [2.75, 3.05) is 0 Å². The molecule has 19 heavy (non-hydrogen) atoms. The van der Waals surface area contributed by atoms with E-state index in [0.717, 1.165) is 18.3 Å². The molecule has 0 aromatic heterocycles. The van der Waals surface area contributed by atoms with E-state index in [1.54, 1.807) is 0 Å². The molecule has 3 heteroatoms. The summed E-state index contributed by atoms with van der Waals surface area (Å²) >= 11 is 1.01. The minimum absolute atomic E-state index is 0.243. The van der Waals surface area contributed by atoms with E-state index >= 15 is 0 Å². The molecule has 2 aromatic rings. The van der Waals surface area contributed by atoms with Crippen LogP contribution in [0.25, 0.3) is 0 Å². The van der Waals surface area contributed by atoms with Crippen LogP contribution < -0.4 is 0 Å². The summed E-state index contributed by atoms with van der Waals surface area (Å²) in [6.45, 7) is 1.38. The first-order valence-corrected chi connectivity index (χ1v) is 8.54. The van der Waals surface area contributed by atoms with E-state index < -0.39 is 0 Å². The zero-order chi connectivity index (χ0) is 13.5. The van der Waals surface area contributed by atoms with E-state index in [9.17, 15) is 4.79 Å². The van der Waals surface area contributed by atoms with E-state index in [1.165, 1.54) is 11.1 Å². The van der Waals surface area contributed by atoms with Gasteiger partial charge < -0.3 is 0 Å². The Morgan fingerprint density at radius 2 is 1.26 bits per heavy atom. The molecule has 2 rings (SSSR count). The first kappa shape index (κ1) is 14.0. The number of hydrogen-bond donors (Lipinski definition) is 0. The Balaban J connectivity index is 2.10. The monoisotopic (exact) mass is 302 g/mol. The summed E-state index contributed by atoms with van der Waals surface area (Å²) in [6.07, 6.45) is 0. The van der Waals surface area contributed by atoms with Crippen LogP contribution >= 0.6 is 0 Å². The van der Waals surface area contributed by atoms with Crippen molar-refractivity contribution in [2.24, 2.45) is 0 Å². The fraction of sp³-hybridized carbons (Fsp3) is 0.188. The molecule has 1 amide bonds. The summed E-state index contributed by atoms with van der Waals surface area (Å²) in [5.74, 6) is 0.243. The molecule has 2 nitrogen and oxygen atoms in total. The second-order valence-corrected chi connectivity index (χ2v) is 5.52. The van der Waals surface area contributed by atoms with Crippen molar-refractivity contribution in [2.45, 2.75) is 18.1 Å². The molecule has 0 spiro atoms. The Kier molecular flexibility index (Phi) is 5.29. The number of amides is 1. The summed E-state index contributed by atoms with van der Waals surface area (Å²) in [5.41, 5.74) is 2.36. The molecule has 0 aliphatic carbocycles. The summed E-state index contributed by atoms with van der Waals surface area (Å²) < 4.78 is 0. The molecule has 0 radical (unpaired) electrons. The Bertz CT molecular complexity index is 471. The topological polar surface area (TPSA) is 20.3 Å². The number of carbonyl (C=O) groups is 1. The standard InChI is InChI=1S/C16H16NO.Zn/c1-14(18)17(12-15-8-4-2-5-9-15)13-16-10-6-3-7-11-16;/h2-11H,1,12-13H2;. The van der Waals surface area contributed by atoms with Crippen molar-refractivity contribution < 1.29 is 23.1 Å². The van der Waals surface area contributed by atoms with Gasteiger partial charge >= 0.3 is 124 Å². The number of rotatable bonds is 5. The van der Waals surface area contributed by atoms with Crippen molar-refractivity contribution in [3.8, 4) is 0 Å². The van der Waals surface area contributed by atoms with Crippen molar-refractivity contribution in [3.05, 3.63) is 71.8 Å². The van der Waals surface area contributed by atoms with Crippen LogP contribution in [-0.4, -0.2) is 10.8 Å². The van der Waals surface area contributed by atoms with E-state index in [2.05, 4.69) is 24.3 Å². The van der Waals surface area contributed by atoms with Gasteiger partial charge in [0, 0.05) is 0 Å². The molecule has 0 aliphatic heterocycles. The molecule has 2 aromatic carbocycles. The van der Waals surface area contributed by atoms with Gasteiger partial charge in [-0.15, -0.1) is 0 Å². The van der Waals surface area contributed by atoms with Crippen LogP contribution in [0.3, 0.4) is 0 Å². The van der Waals surface area contributed by atoms with Crippen LogP contribution in [0.15, 0.2) is 60.7 Å². The first-order valence-electron chi connectivity index (χ1n) is 6.44. The van der Waals surface area contributed by atoms with Crippen molar-refractivity contribution in [3.63, 3.8) is 0 Å². The van der Waals surface area contributed by atoms with E-state index in [-0.39, 0.29) is 5.91 Å². The molecule has 0 atom stereocenters. The third kappa shape index (κ3) is 4.29. The van der Waals surface area contributed by atoms with E-state index in [4.69, 9.17) is 0 Å². The average molecular weight is 304 g/mol. The normalized spacial score (nSPS) is 10.2. The van der Waals surface area contributed by atoms with Gasteiger partial charge in [-0.3, -0.25) is 0 Å². The number of benzene rings is 2. The minimum atomic E-state index is 0.243. The fourth-order valence-corrected chi connectivity index (χ4v) is 2.66. The Morgan fingerprint density at radius 1 is 0.842 bits per heavy atom. The molecule has 93 valence electrons. The van der Waals surface area contributed by atoms with Crippen LogP contribution in [0, 0.1) is 0 Å². The molecule has 0 N–H and O–H groups in total. The molecule has 0 unspecified atom stereocenters. The first-order chi connectivity index (χ1) is 9.29. The predicted molar refractivity (Wildman–Crippen MR) is 71.9 cm³/mol. The molecule has 0 saturated carbocycles. The molecule has 0 aliphatic rings. The molecule has 0 heterocycles. The fourth-order valence-electron chi connectivity index (χ4n) is 2.00. The molecule has 0 saturated heterocycles. The summed E-state index contributed by atoms with van der Waals surface area (Å²) in [6, 6.07) is 20.3. The predicted octanol–water partition coefficient (Wildman–Crippen LogP) is 3.18. The van der Waals surface area contributed by atoms with Crippen molar-refractivity contribution in [1.29, 1.82) is 0 Å². The average Bonchev–Trinajstić information content (AvgIpc) is 2.48. The summed E-state index contributed by atoms with van der Waals surface area (Å²) in [4.78, 5) is 14.0. The van der Waals surface area contributed by atoms with Gasteiger partial charge in [0.25, 0.3) is 0 Å². The molecule has 0 fully saturated rings. The van der Waals surface area contributed by atoms with Crippen molar-refractivity contribution >= 4 is 5.91 Å². The van der Waals surface area contributed by atoms with Crippen LogP contribution in [0.1, 0.15) is 11.1 Å². The molecular formula is C16H16NOZn. The van der Waals surface area contributed by atoms with Gasteiger partial charge in [0.15, 0.2) is 0 Å². The van der Waals surface area contributed by atoms with Crippen molar-refractivity contribution in [1.82, 2.24) is 4.90 Å². The maximum absolute atomic E-state index is 12.1. The quantitative estimate of drug-likeness (QED) is 0.777. The maximum atomic E-state index is 12.1. The second-order valence-electron chi connectivity index (χ2n) is 4.47. The Hall–Kier alpha value is -1.47. The van der Waals surface area contributed by atoms with Gasteiger partial charge in [0.2, 0.25) is 0 Å². The van der Waals surface area contributed by atoms with Crippen LogP contribution in [0.2, 0.25) is 5.02 Å². The van der Waals surface area contributed by atoms with Crippen LogP contribution in [0.5, 0.6) is 0 Å². The number of hydrogen-bond acceptors (Lipinski definition) is 1. The zero-order valence-corrected chi connectivity index (χ0v) is 13.9. The zero-order valence-electron chi connectivity index (χ0n) is 11.0. The van der Waals surface area contributed by atoms with Gasteiger partial charge in [-0.05, 0) is 0 Å². The summed E-state index contributed by atoms with van der Waals surface area (Å²) in [5, 5.41) is 0.666. The number of carbonyl (C=O) groups excluding carboxylic acids is 1. The number of nitrogens with zero attached hydrogens (tertiary/aromatic N) is 1. The summed E-state index contributed by atoms with van der Waals surface area (Å²) in [7, 11) is 0. The van der Waals surface area contributed by atoms with Gasteiger partial charge in [0.1, 0.15) is 0 Å². The van der Waals surface area contributed by atoms with E-state index in [0.29, 0.717) is 18.1 Å². The second kappa shape index (κ2) is 7.20. The van der Waals surface area contributed by atoms with Crippen LogP contribution in [0.4, 0.5) is 0 Å². The molecule has 0 bridgehead atoms.